The van der Waals surface area contributed by atoms with E-state index < -0.39 is 0 Å². The number of hydrogen-bond donors (Lipinski definition) is 0. The monoisotopic (exact) mass is 529 g/mol. The molecule has 180 valence electrons. The van der Waals surface area contributed by atoms with Gasteiger partial charge in [0.1, 0.15) is 11.9 Å². The van der Waals surface area contributed by atoms with Crippen LogP contribution < -0.4 is 0 Å². The number of cyclic esters (lactones) is 1. The number of allylic oxidation sites excluding steroid dienone is 1. The molecule has 4 rings (SSSR count). The van der Waals surface area contributed by atoms with Gasteiger partial charge in [-0.05, 0) is 67.4 Å². The number of fused-ring (bicyclic) bond motifs is 1. The number of ether oxygens (including phenoxy) is 2. The molecular weight excluding hydrogens is 501 g/mol. The van der Waals surface area contributed by atoms with Crippen molar-refractivity contribution in [1.82, 2.24) is 4.98 Å². The molecule has 5 nitrogen and oxygen atoms in total. The predicted octanol–water partition coefficient (Wildman–Crippen LogP) is 5.68. The third-order valence-corrected chi connectivity index (χ3v) is 7.55. The minimum absolute atomic E-state index is 0.0768. The Hall–Kier alpha value is -2.54. The second-order valence-electron chi connectivity index (χ2n) is 9.18. The number of esters is 2. The van der Waals surface area contributed by atoms with Crippen molar-refractivity contribution in [2.75, 3.05) is 11.9 Å². The van der Waals surface area contributed by atoms with Crippen LogP contribution in [-0.2, 0) is 19.1 Å². The van der Waals surface area contributed by atoms with E-state index in [1.54, 1.807) is 12.3 Å². The van der Waals surface area contributed by atoms with Crippen molar-refractivity contribution < 1.29 is 23.5 Å². The summed E-state index contributed by atoms with van der Waals surface area (Å²) < 4.78 is 24.6. The molecule has 2 heterocycles. The molecular formula is C27H29BrFNO4. The number of rotatable bonds is 7. The van der Waals surface area contributed by atoms with E-state index >= 15 is 0 Å². The molecule has 2 aliphatic rings. The Kier molecular flexibility index (Phi) is 7.81. The van der Waals surface area contributed by atoms with Gasteiger partial charge in [0.25, 0.3) is 0 Å². The molecule has 2 fully saturated rings. The average Bonchev–Trinajstić information content (AvgIpc) is 3.10. The summed E-state index contributed by atoms with van der Waals surface area (Å²) in [6.45, 7) is 3.68. The first-order chi connectivity index (χ1) is 16.4. The van der Waals surface area contributed by atoms with Crippen LogP contribution in [0.1, 0.15) is 32.4 Å². The van der Waals surface area contributed by atoms with Crippen LogP contribution in [-0.4, -0.2) is 35.0 Å². The molecule has 34 heavy (non-hydrogen) atoms. The molecule has 6 atom stereocenters. The van der Waals surface area contributed by atoms with Crippen molar-refractivity contribution in [3.8, 4) is 11.1 Å². The lowest BCUT2D eigenvalue weighted by Gasteiger charge is -2.43. The molecule has 0 bridgehead atoms. The second-order valence-corrected chi connectivity index (χ2v) is 9.98. The summed E-state index contributed by atoms with van der Waals surface area (Å²) in [5.74, 6) is -0.457. The van der Waals surface area contributed by atoms with E-state index in [0.29, 0.717) is 13.0 Å². The number of aromatic nitrogens is 1. The van der Waals surface area contributed by atoms with Gasteiger partial charge in [0.15, 0.2) is 0 Å². The molecule has 0 N–H and O–H groups in total. The number of benzene rings is 1. The zero-order chi connectivity index (χ0) is 24.2. The van der Waals surface area contributed by atoms with Crippen molar-refractivity contribution >= 4 is 33.9 Å². The maximum atomic E-state index is 13.6. The molecule has 1 saturated heterocycles. The van der Waals surface area contributed by atoms with Crippen molar-refractivity contribution in [1.29, 1.82) is 0 Å². The number of alkyl halides is 1. The SMILES string of the molecule is CC(=O)OCC1CC2C(=O)O[C@H](C)C2C(/C=C/c2ccc(-c3cccc(F)c3)cn2)C1CCBr. The molecule has 0 spiro atoms. The molecule has 2 aromatic rings. The maximum Gasteiger partial charge on any atom is 0.309 e. The fraction of sp³-hybridized carbons (Fsp3) is 0.444. The summed E-state index contributed by atoms with van der Waals surface area (Å²) in [6.07, 6.45) is 7.28. The minimum Gasteiger partial charge on any atom is -0.466 e. The van der Waals surface area contributed by atoms with Gasteiger partial charge in [-0.2, -0.15) is 0 Å². The third kappa shape index (κ3) is 5.40. The largest absolute Gasteiger partial charge is 0.466 e. The first-order valence-electron chi connectivity index (χ1n) is 11.7. The van der Waals surface area contributed by atoms with E-state index in [4.69, 9.17) is 9.47 Å². The Balaban J connectivity index is 1.59. The summed E-state index contributed by atoms with van der Waals surface area (Å²) in [5, 5.41) is 0.819. The van der Waals surface area contributed by atoms with E-state index in [9.17, 15) is 14.0 Å². The number of pyridine rings is 1. The lowest BCUT2D eigenvalue weighted by atomic mass is 9.60. The van der Waals surface area contributed by atoms with Crippen LogP contribution in [0.2, 0.25) is 0 Å². The van der Waals surface area contributed by atoms with Gasteiger partial charge in [-0.25, -0.2) is 4.39 Å². The van der Waals surface area contributed by atoms with Crippen molar-refractivity contribution in [2.45, 2.75) is 32.8 Å². The highest BCUT2D eigenvalue weighted by atomic mass is 79.9. The Morgan fingerprint density at radius 3 is 2.79 bits per heavy atom. The van der Waals surface area contributed by atoms with Crippen LogP contribution in [0, 0.1) is 35.4 Å². The number of hydrogen-bond acceptors (Lipinski definition) is 5. The van der Waals surface area contributed by atoms with Gasteiger partial charge in [-0.3, -0.25) is 14.6 Å². The van der Waals surface area contributed by atoms with Crippen LogP contribution in [0.4, 0.5) is 4.39 Å². The van der Waals surface area contributed by atoms with E-state index in [1.807, 2.05) is 31.2 Å². The number of nitrogens with zero attached hydrogens (tertiary/aromatic N) is 1. The summed E-state index contributed by atoms with van der Waals surface area (Å²) in [7, 11) is 0. The Labute approximate surface area is 207 Å². The number of carbonyl (C=O) groups is 2. The highest BCUT2D eigenvalue weighted by Crippen LogP contribution is 2.50. The molecule has 0 amide bonds. The van der Waals surface area contributed by atoms with Gasteiger partial charge in [0.05, 0.1) is 18.2 Å². The fourth-order valence-corrected chi connectivity index (χ4v) is 6.09. The molecule has 1 aliphatic heterocycles. The average molecular weight is 530 g/mol. The summed E-state index contributed by atoms with van der Waals surface area (Å²) in [4.78, 5) is 28.6. The Morgan fingerprint density at radius 1 is 1.29 bits per heavy atom. The van der Waals surface area contributed by atoms with Crippen molar-refractivity contribution in [3.63, 3.8) is 0 Å². The number of carbonyl (C=O) groups excluding carboxylic acids is 2. The quantitative estimate of drug-likeness (QED) is 0.341. The fourth-order valence-electron chi connectivity index (χ4n) is 5.56. The van der Waals surface area contributed by atoms with E-state index in [1.165, 1.54) is 19.1 Å². The molecule has 1 saturated carbocycles. The Morgan fingerprint density at radius 2 is 2.12 bits per heavy atom. The smallest absolute Gasteiger partial charge is 0.309 e. The van der Waals surface area contributed by atoms with Crippen LogP contribution in [0.5, 0.6) is 0 Å². The lowest BCUT2D eigenvalue weighted by molar-refractivity contribution is -0.145. The van der Waals surface area contributed by atoms with Crippen LogP contribution in [0.3, 0.4) is 0 Å². The van der Waals surface area contributed by atoms with Crippen LogP contribution >= 0.6 is 15.9 Å². The molecule has 7 heteroatoms. The minimum atomic E-state index is -0.309. The van der Waals surface area contributed by atoms with Gasteiger partial charge in [0.2, 0.25) is 0 Å². The van der Waals surface area contributed by atoms with Crippen molar-refractivity contribution in [3.05, 3.63) is 60.2 Å². The molecule has 1 aromatic carbocycles. The van der Waals surface area contributed by atoms with Gasteiger partial charge >= 0.3 is 11.9 Å². The molecule has 1 aromatic heterocycles. The van der Waals surface area contributed by atoms with Crippen LogP contribution in [0.25, 0.3) is 17.2 Å². The zero-order valence-electron chi connectivity index (χ0n) is 19.3. The molecule has 0 radical (unpaired) electrons. The van der Waals surface area contributed by atoms with Gasteiger partial charge in [-0.1, -0.05) is 40.2 Å². The molecule has 1 aliphatic carbocycles. The van der Waals surface area contributed by atoms with Gasteiger partial charge < -0.3 is 9.47 Å². The van der Waals surface area contributed by atoms with Crippen molar-refractivity contribution in [2.24, 2.45) is 29.6 Å². The van der Waals surface area contributed by atoms with Gasteiger partial charge in [0, 0.05) is 29.9 Å². The lowest BCUT2D eigenvalue weighted by Crippen LogP contribution is -2.43. The van der Waals surface area contributed by atoms with E-state index in [-0.39, 0.29) is 53.4 Å². The van der Waals surface area contributed by atoms with E-state index in [0.717, 1.165) is 28.6 Å². The predicted molar refractivity (Wildman–Crippen MR) is 131 cm³/mol. The first kappa shape index (κ1) is 24.6. The normalized spacial score (nSPS) is 28.5. The first-order valence-corrected chi connectivity index (χ1v) is 12.8. The van der Waals surface area contributed by atoms with Crippen LogP contribution in [0.15, 0.2) is 48.7 Å². The third-order valence-electron chi connectivity index (χ3n) is 7.09. The summed E-state index contributed by atoms with van der Waals surface area (Å²) >= 11 is 3.58. The topological polar surface area (TPSA) is 65.5 Å². The standard InChI is InChI=1S/C27H29BrFNO4/c1-16-26-24(9-8-22-7-6-19(14-30-22)18-4-3-5-21(29)12-18)23(10-11-28)20(15-33-17(2)31)13-25(26)27(32)34-16/h3-9,12,14,16,20,23-26H,10-11,13,15H2,1-2H3/b9-8+/t16-,20?,23?,24?,25?,26?/m1/s1. The second kappa shape index (κ2) is 10.8. The summed E-state index contributed by atoms with van der Waals surface area (Å²) in [6, 6.07) is 10.3. The number of halogens is 2. The highest BCUT2D eigenvalue weighted by molar-refractivity contribution is 9.09. The molecule has 5 unspecified atom stereocenters. The summed E-state index contributed by atoms with van der Waals surface area (Å²) in [5.41, 5.74) is 2.41. The Bertz CT molecular complexity index is 1060. The zero-order valence-corrected chi connectivity index (χ0v) is 20.9. The van der Waals surface area contributed by atoms with E-state index in [2.05, 4.69) is 27.0 Å². The van der Waals surface area contributed by atoms with Gasteiger partial charge in [-0.15, -0.1) is 0 Å². The maximum absolute atomic E-state index is 13.6. The highest BCUT2D eigenvalue weighted by Gasteiger charge is 2.53.